The zero-order valence-electron chi connectivity index (χ0n) is 21.0. The summed E-state index contributed by atoms with van der Waals surface area (Å²) in [6.45, 7) is 5.32. The number of nitrogens with zero attached hydrogens (tertiary/aromatic N) is 3. The predicted molar refractivity (Wildman–Crippen MR) is 139 cm³/mol. The third-order valence-electron chi connectivity index (χ3n) is 5.91. The number of methoxy groups -OCH3 is 1. The number of pyridine rings is 1. The van der Waals surface area contributed by atoms with E-state index in [2.05, 4.69) is 20.3 Å². The molecule has 0 radical (unpaired) electrons. The van der Waals surface area contributed by atoms with E-state index in [9.17, 15) is 9.59 Å². The first-order valence-corrected chi connectivity index (χ1v) is 12.8. The van der Waals surface area contributed by atoms with Crippen LogP contribution in [0, 0.1) is 13.8 Å². The van der Waals surface area contributed by atoms with Crippen LogP contribution in [0.4, 0.5) is 0 Å². The lowest BCUT2D eigenvalue weighted by Gasteiger charge is -2.15. The van der Waals surface area contributed by atoms with Crippen molar-refractivity contribution in [3.8, 4) is 17.2 Å². The molecule has 3 heterocycles. The zero-order chi connectivity index (χ0) is 25.7. The van der Waals surface area contributed by atoms with Crippen LogP contribution in [0.2, 0.25) is 0 Å². The van der Waals surface area contributed by atoms with Gasteiger partial charge in [-0.3, -0.25) is 4.79 Å². The van der Waals surface area contributed by atoms with E-state index < -0.39 is 6.04 Å². The molecule has 0 fully saturated rings. The third kappa shape index (κ3) is 5.96. The second-order valence-electron chi connectivity index (χ2n) is 8.78. The molecule has 0 aliphatic carbocycles. The summed E-state index contributed by atoms with van der Waals surface area (Å²) in [6.07, 6.45) is 5.35. The molecule has 0 unspecified atom stereocenters. The Labute approximate surface area is 214 Å². The number of amides is 1. The van der Waals surface area contributed by atoms with Gasteiger partial charge in [-0.25, -0.2) is 15.0 Å². The molecule has 0 bridgehead atoms. The predicted octanol–water partition coefficient (Wildman–Crippen LogP) is 5.98. The summed E-state index contributed by atoms with van der Waals surface area (Å²) >= 11 is 1.37. The molecule has 188 valence electrons. The second-order valence-corrected chi connectivity index (χ2v) is 9.98. The number of aryl methyl sites for hydroxylation is 2. The van der Waals surface area contributed by atoms with E-state index in [4.69, 9.17) is 9.15 Å². The number of Topliss-reactive ketones (excluding diaryl/α,β-unsaturated/α-hetero) is 1. The Morgan fingerprint density at radius 3 is 2.67 bits per heavy atom. The first-order chi connectivity index (χ1) is 17.4. The molecule has 36 heavy (non-hydrogen) atoms. The van der Waals surface area contributed by atoms with E-state index in [1.165, 1.54) is 11.3 Å². The van der Waals surface area contributed by atoms with Crippen LogP contribution in [0.15, 0.2) is 40.9 Å². The molecule has 1 aromatic carbocycles. The summed E-state index contributed by atoms with van der Waals surface area (Å²) in [5.74, 6) is 1.36. The van der Waals surface area contributed by atoms with Crippen molar-refractivity contribution in [1.82, 2.24) is 20.3 Å². The number of rotatable bonds is 11. The number of fused-ring (bicyclic) bond motifs is 1. The van der Waals surface area contributed by atoms with Gasteiger partial charge in [0.05, 0.1) is 35.1 Å². The molecule has 0 saturated heterocycles. The van der Waals surface area contributed by atoms with Gasteiger partial charge in [-0.2, -0.15) is 0 Å². The number of ketones is 1. The van der Waals surface area contributed by atoms with E-state index in [0.29, 0.717) is 46.5 Å². The summed E-state index contributed by atoms with van der Waals surface area (Å²) in [7, 11) is 1.57. The number of hydrogen-bond donors (Lipinski definition) is 1. The largest absolute Gasteiger partial charge is 0.480 e. The summed E-state index contributed by atoms with van der Waals surface area (Å²) in [4.78, 5) is 38.4. The first kappa shape index (κ1) is 25.5. The molecule has 4 rings (SSSR count). The van der Waals surface area contributed by atoms with Crippen molar-refractivity contribution < 1.29 is 18.7 Å². The standard InChI is InChI=1S/C27H30N4O4S/c1-16(32)10-6-5-7-13-22(30-25(33)24-17(2)29-18(3)36-24)27-28-15-23(35-27)20-14-19-11-8-9-12-21(19)31-26(20)34-4/h8-9,11-12,14-15,22H,5-7,10,13H2,1-4H3,(H,30,33)/t22-/m0/s1. The molecule has 1 N–H and O–H groups in total. The average Bonchev–Trinajstić information content (AvgIpc) is 3.48. The van der Waals surface area contributed by atoms with Gasteiger partial charge in [-0.05, 0) is 45.7 Å². The number of para-hydroxylation sites is 1. The Morgan fingerprint density at radius 1 is 1.14 bits per heavy atom. The third-order valence-corrected chi connectivity index (χ3v) is 6.98. The van der Waals surface area contributed by atoms with Gasteiger partial charge in [0.2, 0.25) is 11.8 Å². The molecular weight excluding hydrogens is 476 g/mol. The lowest BCUT2D eigenvalue weighted by Crippen LogP contribution is -2.28. The number of carbonyl (C=O) groups is 2. The molecule has 0 aliphatic heterocycles. The Hall–Kier alpha value is -3.59. The van der Waals surface area contributed by atoms with E-state index in [1.54, 1.807) is 20.2 Å². The van der Waals surface area contributed by atoms with Gasteiger partial charge in [-0.1, -0.05) is 31.0 Å². The highest BCUT2D eigenvalue weighted by atomic mass is 32.1. The number of oxazole rings is 1. The van der Waals surface area contributed by atoms with E-state index in [0.717, 1.165) is 35.2 Å². The summed E-state index contributed by atoms with van der Waals surface area (Å²) < 4.78 is 11.7. The monoisotopic (exact) mass is 506 g/mol. The molecule has 1 amide bonds. The highest BCUT2D eigenvalue weighted by molar-refractivity contribution is 7.13. The maximum atomic E-state index is 13.1. The van der Waals surface area contributed by atoms with Crippen LogP contribution in [0.25, 0.3) is 22.2 Å². The summed E-state index contributed by atoms with van der Waals surface area (Å²) in [5, 5.41) is 4.88. The number of thiazole rings is 1. The van der Waals surface area contributed by atoms with Crippen LogP contribution in [-0.2, 0) is 4.79 Å². The topological polar surface area (TPSA) is 107 Å². The molecule has 0 spiro atoms. The second kappa shape index (κ2) is 11.4. The minimum Gasteiger partial charge on any atom is -0.480 e. The molecule has 4 aromatic rings. The maximum Gasteiger partial charge on any atom is 0.263 e. The molecule has 9 heteroatoms. The van der Waals surface area contributed by atoms with Gasteiger partial charge in [0.15, 0.2) is 5.76 Å². The number of unbranched alkanes of at least 4 members (excludes halogenated alkanes) is 2. The lowest BCUT2D eigenvalue weighted by molar-refractivity contribution is -0.117. The number of nitrogens with one attached hydrogen (secondary N) is 1. The fourth-order valence-electron chi connectivity index (χ4n) is 4.13. The van der Waals surface area contributed by atoms with Crippen molar-refractivity contribution in [1.29, 1.82) is 0 Å². The normalized spacial score (nSPS) is 12.0. The molecular formula is C27H30N4O4S. The van der Waals surface area contributed by atoms with E-state index >= 15 is 0 Å². The number of hydrogen-bond acceptors (Lipinski definition) is 8. The van der Waals surface area contributed by atoms with Gasteiger partial charge < -0.3 is 19.3 Å². The fraction of sp³-hybridized carbons (Fsp3) is 0.370. The number of benzene rings is 1. The quantitative estimate of drug-likeness (QED) is 0.249. The van der Waals surface area contributed by atoms with Gasteiger partial charge in [-0.15, -0.1) is 11.3 Å². The Bertz CT molecular complexity index is 1380. The minimum absolute atomic E-state index is 0.186. The van der Waals surface area contributed by atoms with Crippen molar-refractivity contribution in [2.75, 3.05) is 7.11 Å². The van der Waals surface area contributed by atoms with Crippen LogP contribution in [-0.4, -0.2) is 33.8 Å². The fourth-order valence-corrected chi connectivity index (χ4v) is 4.95. The highest BCUT2D eigenvalue weighted by Gasteiger charge is 2.24. The van der Waals surface area contributed by atoms with Gasteiger partial charge in [0.25, 0.3) is 5.91 Å². The molecule has 8 nitrogen and oxygen atoms in total. The summed E-state index contributed by atoms with van der Waals surface area (Å²) in [6, 6.07) is 9.32. The van der Waals surface area contributed by atoms with Gasteiger partial charge in [0, 0.05) is 11.8 Å². The highest BCUT2D eigenvalue weighted by Crippen LogP contribution is 2.34. The van der Waals surface area contributed by atoms with E-state index in [1.807, 2.05) is 44.2 Å². The smallest absolute Gasteiger partial charge is 0.263 e. The SMILES string of the molecule is COc1nc2ccccc2cc1-c1cnc([C@H](CCCCCC(C)=O)NC(=O)c2sc(C)nc2C)o1. The number of ether oxygens (including phenoxy) is 1. The van der Waals surface area contributed by atoms with Crippen molar-refractivity contribution in [3.63, 3.8) is 0 Å². The van der Waals surface area contributed by atoms with Crippen LogP contribution in [0.5, 0.6) is 5.88 Å². The van der Waals surface area contributed by atoms with Crippen molar-refractivity contribution in [3.05, 3.63) is 58.0 Å². The maximum absolute atomic E-state index is 13.1. The Morgan fingerprint density at radius 2 is 1.94 bits per heavy atom. The zero-order valence-corrected chi connectivity index (χ0v) is 21.8. The number of carbonyl (C=O) groups excluding carboxylic acids is 2. The molecule has 1 atom stereocenters. The van der Waals surface area contributed by atoms with Crippen LogP contribution in [0.1, 0.15) is 71.3 Å². The van der Waals surface area contributed by atoms with Gasteiger partial charge in [0.1, 0.15) is 16.7 Å². The van der Waals surface area contributed by atoms with Crippen LogP contribution >= 0.6 is 11.3 Å². The molecule has 0 aliphatic rings. The molecule has 0 saturated carbocycles. The Balaban J connectivity index is 1.59. The van der Waals surface area contributed by atoms with Crippen molar-refractivity contribution >= 4 is 33.9 Å². The Kier molecular flexibility index (Phi) is 8.10. The molecule has 3 aromatic heterocycles. The number of aromatic nitrogens is 3. The lowest BCUT2D eigenvalue weighted by atomic mass is 10.1. The van der Waals surface area contributed by atoms with Gasteiger partial charge >= 0.3 is 0 Å². The summed E-state index contributed by atoms with van der Waals surface area (Å²) in [5.41, 5.74) is 2.22. The average molecular weight is 507 g/mol. The van der Waals surface area contributed by atoms with Crippen LogP contribution < -0.4 is 10.1 Å². The minimum atomic E-state index is -0.426. The van der Waals surface area contributed by atoms with Crippen molar-refractivity contribution in [2.45, 2.75) is 58.9 Å². The van der Waals surface area contributed by atoms with Crippen molar-refractivity contribution in [2.24, 2.45) is 0 Å². The van der Waals surface area contributed by atoms with Crippen LogP contribution in [0.3, 0.4) is 0 Å². The van der Waals surface area contributed by atoms with E-state index in [-0.39, 0.29) is 11.7 Å². The first-order valence-electron chi connectivity index (χ1n) is 12.0.